The van der Waals surface area contributed by atoms with Crippen LogP contribution in [0.5, 0.6) is 0 Å². The van der Waals surface area contributed by atoms with Gasteiger partial charge in [-0.2, -0.15) is 0 Å². The van der Waals surface area contributed by atoms with Crippen molar-refractivity contribution >= 4 is 0 Å². The van der Waals surface area contributed by atoms with E-state index in [1.54, 1.807) is 0 Å². The first-order chi connectivity index (χ1) is 9.10. The maximum absolute atomic E-state index is 10.5. The third-order valence-corrected chi connectivity index (χ3v) is 3.93. The van der Waals surface area contributed by atoms with Gasteiger partial charge in [-0.25, -0.2) is 0 Å². The Hall–Kier alpha value is -0.350. The van der Waals surface area contributed by atoms with Crippen molar-refractivity contribution in [3.8, 4) is 0 Å². The lowest BCUT2D eigenvalue weighted by Gasteiger charge is -2.39. The Labute approximate surface area is 131 Å². The summed E-state index contributed by atoms with van der Waals surface area (Å²) in [5, 5.41) is 10.5. The van der Waals surface area contributed by atoms with Crippen LogP contribution in [-0.4, -0.2) is 42.1 Å². The zero-order valence-electron chi connectivity index (χ0n) is 13.6. The summed E-state index contributed by atoms with van der Waals surface area (Å²) in [4.78, 5) is 10.4. The summed E-state index contributed by atoms with van der Waals surface area (Å²) in [6.45, 7) is 11.4. The fraction of sp³-hybridized carbons (Fsp3) is 1.00. The molecule has 0 unspecified atom stereocenters. The predicted octanol–water partition coefficient (Wildman–Crippen LogP) is 0.874. The molecule has 4 nitrogen and oxygen atoms in total. The van der Waals surface area contributed by atoms with Crippen molar-refractivity contribution in [2.24, 2.45) is 0 Å². The highest BCUT2D eigenvalue weighted by Crippen LogP contribution is 2.15. The van der Waals surface area contributed by atoms with Gasteiger partial charge in [0.05, 0.1) is 32.6 Å². The molecule has 0 aromatic carbocycles. The summed E-state index contributed by atoms with van der Waals surface area (Å²) in [6, 6.07) is 0. The molecule has 0 radical (unpaired) electrons. The maximum atomic E-state index is 10.5. The van der Waals surface area contributed by atoms with Crippen LogP contribution in [0.3, 0.4) is 0 Å². The van der Waals surface area contributed by atoms with E-state index in [1.807, 2.05) is 0 Å². The number of quaternary nitrogens is 1. The second-order valence-corrected chi connectivity index (χ2v) is 5.71. The van der Waals surface area contributed by atoms with Crippen LogP contribution in [0.25, 0.3) is 0 Å². The van der Waals surface area contributed by atoms with Gasteiger partial charge in [-0.15, -0.1) is 0 Å². The van der Waals surface area contributed by atoms with Gasteiger partial charge in [0.2, 0.25) is 6.54 Å². The van der Waals surface area contributed by atoms with Crippen molar-refractivity contribution in [3.63, 3.8) is 0 Å². The smallest absolute Gasteiger partial charge is 0.209 e. The first kappa shape index (κ1) is 21.9. The van der Waals surface area contributed by atoms with Crippen LogP contribution in [0.1, 0.15) is 65.7 Å². The molecule has 0 rings (SSSR count). The standard InChI is InChI=1S/C15H33N2O2.ClH/c1-4-7-12-17(13-8-5-2,14-9-6-3)15-10-11-16(18)19;/h4-15H2,1-3H3;1H/q+1;/p-1. The minimum Gasteiger partial charge on any atom is -1.00 e. The molecule has 0 aliphatic rings. The Balaban J connectivity index is 0. The molecule has 0 saturated heterocycles. The first-order valence-electron chi connectivity index (χ1n) is 8.07. The van der Waals surface area contributed by atoms with Gasteiger partial charge >= 0.3 is 0 Å². The van der Waals surface area contributed by atoms with E-state index in [0.717, 1.165) is 17.4 Å². The SMILES string of the molecule is CCCC[N+](CCCC)(CCCC)CCC[N+](=O)[O-].[Cl-]. The summed E-state index contributed by atoms with van der Waals surface area (Å²) >= 11 is 0. The zero-order valence-corrected chi connectivity index (χ0v) is 14.3. The molecule has 0 fully saturated rings. The summed E-state index contributed by atoms with van der Waals surface area (Å²) in [5.74, 6) is 0. The Morgan fingerprint density at radius 1 is 0.800 bits per heavy atom. The number of halogens is 1. The highest BCUT2D eigenvalue weighted by Gasteiger charge is 2.25. The third-order valence-electron chi connectivity index (χ3n) is 3.93. The lowest BCUT2D eigenvalue weighted by atomic mass is 10.1. The predicted molar refractivity (Wildman–Crippen MR) is 80.9 cm³/mol. The lowest BCUT2D eigenvalue weighted by molar-refractivity contribution is -0.929. The van der Waals surface area contributed by atoms with E-state index in [2.05, 4.69) is 20.8 Å². The molecule has 20 heavy (non-hydrogen) atoms. The van der Waals surface area contributed by atoms with Crippen LogP contribution in [0, 0.1) is 10.1 Å². The van der Waals surface area contributed by atoms with Gasteiger partial charge in [-0.3, -0.25) is 10.1 Å². The van der Waals surface area contributed by atoms with Crippen LogP contribution in [0.15, 0.2) is 0 Å². The van der Waals surface area contributed by atoms with E-state index in [-0.39, 0.29) is 23.9 Å². The topological polar surface area (TPSA) is 43.1 Å². The average Bonchev–Trinajstić information content (AvgIpc) is 2.39. The molecule has 0 aromatic heterocycles. The Bertz CT molecular complexity index is 216. The third kappa shape index (κ3) is 10.4. The van der Waals surface area contributed by atoms with E-state index in [4.69, 9.17) is 0 Å². The van der Waals surface area contributed by atoms with Crippen molar-refractivity contribution in [1.82, 2.24) is 0 Å². The molecule has 0 saturated carbocycles. The number of unbranched alkanes of at least 4 members (excludes halogenated alkanes) is 3. The van der Waals surface area contributed by atoms with Gasteiger partial charge < -0.3 is 16.9 Å². The molecule has 0 atom stereocenters. The van der Waals surface area contributed by atoms with Crippen LogP contribution >= 0.6 is 0 Å². The Morgan fingerprint density at radius 2 is 1.15 bits per heavy atom. The van der Waals surface area contributed by atoms with E-state index < -0.39 is 0 Å². The minimum absolute atomic E-state index is 0. The van der Waals surface area contributed by atoms with E-state index >= 15 is 0 Å². The summed E-state index contributed by atoms with van der Waals surface area (Å²) in [5.41, 5.74) is 0. The zero-order chi connectivity index (χ0) is 14.6. The largest absolute Gasteiger partial charge is 1.00 e. The van der Waals surface area contributed by atoms with Gasteiger partial charge in [-0.1, -0.05) is 40.0 Å². The Kier molecular flexibility index (Phi) is 14.9. The van der Waals surface area contributed by atoms with Gasteiger partial charge in [0.25, 0.3) is 0 Å². The molecule has 5 heteroatoms. The number of hydrogen-bond acceptors (Lipinski definition) is 2. The quantitative estimate of drug-likeness (QED) is 0.288. The normalized spacial score (nSPS) is 11.2. The molecule has 0 amide bonds. The van der Waals surface area contributed by atoms with E-state index in [1.165, 1.54) is 58.2 Å². The van der Waals surface area contributed by atoms with Crippen molar-refractivity contribution in [2.75, 3.05) is 32.7 Å². The molecule has 0 N–H and O–H groups in total. The first-order valence-corrected chi connectivity index (χ1v) is 8.07. The molecule has 0 aromatic rings. The summed E-state index contributed by atoms with van der Waals surface area (Å²) in [7, 11) is 0. The highest BCUT2D eigenvalue weighted by atomic mass is 35.5. The number of hydrogen-bond donors (Lipinski definition) is 0. The number of nitrogens with zero attached hydrogens (tertiary/aromatic N) is 2. The van der Waals surface area contributed by atoms with Crippen molar-refractivity contribution < 1.29 is 21.8 Å². The highest BCUT2D eigenvalue weighted by molar-refractivity contribution is 4.49. The van der Waals surface area contributed by atoms with E-state index in [0.29, 0.717) is 0 Å². The fourth-order valence-corrected chi connectivity index (χ4v) is 2.69. The summed E-state index contributed by atoms with van der Waals surface area (Å²) < 4.78 is 1.11. The van der Waals surface area contributed by atoms with Gasteiger partial charge in [-0.05, 0) is 19.3 Å². The van der Waals surface area contributed by atoms with Crippen molar-refractivity contribution in [3.05, 3.63) is 10.1 Å². The second-order valence-electron chi connectivity index (χ2n) is 5.71. The molecule has 0 aliphatic carbocycles. The van der Waals surface area contributed by atoms with Gasteiger partial charge in [0.1, 0.15) is 0 Å². The molecular formula is C15H33ClN2O2. The second kappa shape index (κ2) is 13.6. The van der Waals surface area contributed by atoms with Crippen LogP contribution in [0.4, 0.5) is 0 Å². The van der Waals surface area contributed by atoms with Crippen molar-refractivity contribution in [1.29, 1.82) is 0 Å². The molecule has 122 valence electrons. The maximum Gasteiger partial charge on any atom is 0.209 e. The lowest BCUT2D eigenvalue weighted by Crippen LogP contribution is -3.00. The fourth-order valence-electron chi connectivity index (χ4n) is 2.69. The van der Waals surface area contributed by atoms with Crippen LogP contribution in [0.2, 0.25) is 0 Å². The van der Waals surface area contributed by atoms with Crippen LogP contribution < -0.4 is 12.4 Å². The van der Waals surface area contributed by atoms with E-state index in [9.17, 15) is 10.1 Å². The van der Waals surface area contributed by atoms with Crippen LogP contribution in [-0.2, 0) is 0 Å². The summed E-state index contributed by atoms with van der Waals surface area (Å²) in [6.07, 6.45) is 8.10. The molecule has 0 bridgehead atoms. The molecule has 0 heterocycles. The van der Waals surface area contributed by atoms with Gasteiger partial charge in [0.15, 0.2) is 0 Å². The molecule has 0 spiro atoms. The molecular weight excluding hydrogens is 276 g/mol. The average molecular weight is 309 g/mol. The number of nitro groups is 1. The Morgan fingerprint density at radius 3 is 1.45 bits per heavy atom. The van der Waals surface area contributed by atoms with Gasteiger partial charge in [0, 0.05) is 4.92 Å². The minimum atomic E-state index is -0.172. The van der Waals surface area contributed by atoms with Crippen molar-refractivity contribution in [2.45, 2.75) is 65.7 Å². The molecule has 0 aliphatic heterocycles. The monoisotopic (exact) mass is 308 g/mol. The number of rotatable bonds is 13.